The van der Waals surface area contributed by atoms with Crippen molar-refractivity contribution in [3.05, 3.63) is 0 Å². The van der Waals surface area contributed by atoms with Gasteiger partial charge in [0.25, 0.3) is 0 Å². The molecular formula is C33H52O5. The van der Waals surface area contributed by atoms with Crippen LogP contribution in [-0.4, -0.2) is 30.9 Å². The third-order valence-corrected chi connectivity index (χ3v) is 14.2. The summed E-state index contributed by atoms with van der Waals surface area (Å²) in [6.45, 7) is 18.1. The first-order valence-corrected chi connectivity index (χ1v) is 15.4. The molecule has 5 saturated carbocycles. The molecule has 5 aliphatic rings. The number of hydrogen-bond acceptors (Lipinski definition) is 5. The van der Waals surface area contributed by atoms with Crippen molar-refractivity contribution in [3.8, 4) is 0 Å². The summed E-state index contributed by atoms with van der Waals surface area (Å²) in [7, 11) is 1.53. The topological polar surface area (TPSA) is 69.7 Å². The molecule has 11 atom stereocenters. The molecule has 214 valence electrons. The highest BCUT2D eigenvalue weighted by molar-refractivity contribution is 5.87. The van der Waals surface area contributed by atoms with Crippen molar-refractivity contribution in [2.75, 3.05) is 7.11 Å². The number of hydrogen-bond donors (Lipinski definition) is 0. The molecule has 0 N–H and O–H groups in total. The Morgan fingerprint density at radius 2 is 1.53 bits per heavy atom. The van der Waals surface area contributed by atoms with E-state index in [4.69, 9.17) is 9.47 Å². The van der Waals surface area contributed by atoms with Gasteiger partial charge in [-0.3, -0.25) is 14.4 Å². The number of rotatable bonds is 2. The normalized spacial score (nSPS) is 51.5. The Kier molecular flexibility index (Phi) is 6.52. The quantitative estimate of drug-likeness (QED) is 0.361. The number of esters is 2. The predicted molar refractivity (Wildman–Crippen MR) is 147 cm³/mol. The number of methoxy groups -OCH3 is 1. The van der Waals surface area contributed by atoms with E-state index in [9.17, 15) is 14.4 Å². The lowest BCUT2D eigenvalue weighted by Gasteiger charge is -2.73. The van der Waals surface area contributed by atoms with Gasteiger partial charge in [0.2, 0.25) is 0 Å². The van der Waals surface area contributed by atoms with Crippen molar-refractivity contribution < 1.29 is 23.9 Å². The number of ether oxygens (including phenoxy) is 2. The van der Waals surface area contributed by atoms with Gasteiger partial charge in [0.15, 0.2) is 0 Å². The largest absolute Gasteiger partial charge is 0.469 e. The zero-order valence-corrected chi connectivity index (χ0v) is 25.4. The molecule has 0 aliphatic heterocycles. The van der Waals surface area contributed by atoms with E-state index in [0.717, 1.165) is 51.4 Å². The first kappa shape index (κ1) is 28.1. The van der Waals surface area contributed by atoms with Crippen LogP contribution >= 0.6 is 0 Å². The average Bonchev–Trinajstić information content (AvgIpc) is 2.84. The highest BCUT2D eigenvalue weighted by Gasteiger charge is 2.73. The van der Waals surface area contributed by atoms with E-state index in [0.29, 0.717) is 35.9 Å². The second-order valence-corrected chi connectivity index (χ2v) is 15.6. The van der Waals surface area contributed by atoms with Crippen LogP contribution in [0.5, 0.6) is 0 Å². The molecule has 0 amide bonds. The van der Waals surface area contributed by atoms with Crippen LogP contribution in [0.4, 0.5) is 0 Å². The summed E-state index contributed by atoms with van der Waals surface area (Å²) in [5.74, 6) is 1.64. The molecule has 0 radical (unpaired) electrons. The minimum atomic E-state index is -0.519. The van der Waals surface area contributed by atoms with Crippen LogP contribution in [0.15, 0.2) is 0 Å². The molecule has 0 saturated heterocycles. The summed E-state index contributed by atoms with van der Waals surface area (Å²) >= 11 is 0. The van der Waals surface area contributed by atoms with Gasteiger partial charge in [0.05, 0.1) is 12.5 Å². The molecule has 5 nitrogen and oxygen atoms in total. The Hall–Kier alpha value is -1.39. The van der Waals surface area contributed by atoms with Gasteiger partial charge < -0.3 is 9.47 Å². The Morgan fingerprint density at radius 1 is 0.842 bits per heavy atom. The van der Waals surface area contributed by atoms with Gasteiger partial charge in [-0.1, -0.05) is 48.5 Å². The van der Waals surface area contributed by atoms with E-state index >= 15 is 0 Å². The van der Waals surface area contributed by atoms with Gasteiger partial charge in [0.1, 0.15) is 11.9 Å². The molecule has 5 rings (SSSR count). The Morgan fingerprint density at radius 3 is 2.16 bits per heavy atom. The molecule has 0 heterocycles. The first-order valence-electron chi connectivity index (χ1n) is 15.4. The Balaban J connectivity index is 1.56. The number of carbonyl (C=O) groups is 3. The van der Waals surface area contributed by atoms with Crippen molar-refractivity contribution in [1.82, 2.24) is 0 Å². The summed E-state index contributed by atoms with van der Waals surface area (Å²) in [6.07, 6.45) is 8.24. The molecule has 0 spiro atoms. The number of ketones is 1. The lowest BCUT2D eigenvalue weighted by molar-refractivity contribution is -0.250. The van der Waals surface area contributed by atoms with Gasteiger partial charge in [-0.15, -0.1) is 0 Å². The summed E-state index contributed by atoms with van der Waals surface area (Å²) in [4.78, 5) is 40.0. The summed E-state index contributed by atoms with van der Waals surface area (Å²) in [5, 5.41) is 0. The predicted octanol–water partition coefficient (Wildman–Crippen LogP) is 7.01. The second-order valence-electron chi connectivity index (χ2n) is 15.6. The number of carbonyl (C=O) groups excluding carboxylic acids is 3. The van der Waals surface area contributed by atoms with Crippen LogP contribution in [0, 0.1) is 62.6 Å². The SMILES string of the molecule is COC(=O)[C@]12CC[C@H](C)[C@H](C)[C@@H]1[C@@H]1C(=O)C[C@@H]3[C@]4(C)CC[C@H](OC(C)=O)C(C)(C)[C@@H]4CC[C@@]3(C)[C@]1(C)CC2. The zero-order valence-electron chi connectivity index (χ0n) is 25.4. The van der Waals surface area contributed by atoms with Crippen molar-refractivity contribution in [2.24, 2.45) is 62.6 Å². The minimum absolute atomic E-state index is 0.0269. The third kappa shape index (κ3) is 3.44. The molecule has 0 aromatic carbocycles. The van der Waals surface area contributed by atoms with E-state index in [2.05, 4.69) is 48.5 Å². The fraction of sp³-hybridized carbons (Fsp3) is 0.909. The van der Waals surface area contributed by atoms with Gasteiger partial charge in [-0.25, -0.2) is 0 Å². The monoisotopic (exact) mass is 528 g/mol. The smallest absolute Gasteiger partial charge is 0.312 e. The first-order chi connectivity index (χ1) is 17.6. The molecule has 0 unspecified atom stereocenters. The number of Topliss-reactive ketones (excluding diaryl/α,β-unsaturated/α-hetero) is 1. The molecule has 0 bridgehead atoms. The van der Waals surface area contributed by atoms with Gasteiger partial charge in [-0.2, -0.15) is 0 Å². The molecule has 5 heteroatoms. The maximum Gasteiger partial charge on any atom is 0.312 e. The summed E-state index contributed by atoms with van der Waals surface area (Å²) in [5.41, 5.74) is -0.718. The second kappa shape index (κ2) is 8.80. The maximum atomic E-state index is 14.6. The highest BCUT2D eigenvalue weighted by Crippen LogP contribution is 2.76. The molecule has 5 aliphatic carbocycles. The van der Waals surface area contributed by atoms with Crippen LogP contribution < -0.4 is 0 Å². The van der Waals surface area contributed by atoms with E-state index in [1.54, 1.807) is 0 Å². The van der Waals surface area contributed by atoms with E-state index < -0.39 is 5.41 Å². The van der Waals surface area contributed by atoms with Crippen molar-refractivity contribution in [1.29, 1.82) is 0 Å². The van der Waals surface area contributed by atoms with Gasteiger partial charge >= 0.3 is 11.9 Å². The molecule has 0 aromatic heterocycles. The lowest BCUT2D eigenvalue weighted by atomic mass is 9.31. The van der Waals surface area contributed by atoms with E-state index in [1.165, 1.54) is 14.0 Å². The summed E-state index contributed by atoms with van der Waals surface area (Å²) in [6, 6.07) is 0. The van der Waals surface area contributed by atoms with Crippen LogP contribution in [0.1, 0.15) is 113 Å². The molecule has 5 fully saturated rings. The Labute approximate surface area is 230 Å². The Bertz CT molecular complexity index is 1020. The fourth-order valence-corrected chi connectivity index (χ4v) is 11.9. The van der Waals surface area contributed by atoms with Crippen LogP contribution in [0.3, 0.4) is 0 Å². The minimum Gasteiger partial charge on any atom is -0.469 e. The van der Waals surface area contributed by atoms with Crippen molar-refractivity contribution in [3.63, 3.8) is 0 Å². The third-order valence-electron chi connectivity index (χ3n) is 14.2. The van der Waals surface area contributed by atoms with Crippen LogP contribution in [0.2, 0.25) is 0 Å². The van der Waals surface area contributed by atoms with Crippen molar-refractivity contribution in [2.45, 2.75) is 119 Å². The van der Waals surface area contributed by atoms with E-state index in [-0.39, 0.29) is 51.5 Å². The molecule has 0 aromatic rings. The van der Waals surface area contributed by atoms with Crippen LogP contribution in [0.25, 0.3) is 0 Å². The number of fused-ring (bicyclic) bond motifs is 7. The fourth-order valence-electron chi connectivity index (χ4n) is 11.9. The standard InChI is InChI=1S/C33H52O5/c1-19-10-15-33(28(36)37-9)17-16-32(8)27(26(33)20(19)2)22(35)18-24-30(6)13-12-25(38-21(3)34)29(4,5)23(30)11-14-31(24,32)7/h19-20,23-27H,10-18H2,1-9H3/t19-,20-,23-,24+,25-,26+,27-,30+,31+,32+,33-/m0/s1. The maximum absolute atomic E-state index is 14.6. The van der Waals surface area contributed by atoms with Crippen LogP contribution in [-0.2, 0) is 23.9 Å². The highest BCUT2D eigenvalue weighted by atomic mass is 16.5. The van der Waals surface area contributed by atoms with Crippen molar-refractivity contribution >= 4 is 17.7 Å². The molecular weight excluding hydrogens is 476 g/mol. The lowest BCUT2D eigenvalue weighted by Crippen LogP contribution is -2.70. The summed E-state index contributed by atoms with van der Waals surface area (Å²) < 4.78 is 11.3. The molecule has 38 heavy (non-hydrogen) atoms. The van der Waals surface area contributed by atoms with Gasteiger partial charge in [-0.05, 0) is 97.2 Å². The van der Waals surface area contributed by atoms with Gasteiger partial charge in [0, 0.05) is 24.7 Å². The zero-order chi connectivity index (χ0) is 28.1. The average molecular weight is 529 g/mol. The van der Waals surface area contributed by atoms with E-state index in [1.807, 2.05) is 0 Å².